The maximum Gasteiger partial charge on any atom is 0.289 e. The molecule has 1 aromatic heterocycles. The van der Waals surface area contributed by atoms with Crippen molar-refractivity contribution < 1.29 is 22.0 Å². The Labute approximate surface area is 145 Å². The Morgan fingerprint density at radius 2 is 1.88 bits per heavy atom. The van der Waals surface area contributed by atoms with E-state index < -0.39 is 15.8 Å². The molecule has 2 aromatic rings. The van der Waals surface area contributed by atoms with Crippen molar-refractivity contribution in [2.45, 2.75) is 24.6 Å². The Bertz CT molecular complexity index is 811. The summed E-state index contributed by atoms with van der Waals surface area (Å²) in [7, 11) is -3.52. The summed E-state index contributed by atoms with van der Waals surface area (Å²) < 4.78 is 45.2. The molecule has 0 aliphatic carbocycles. The summed E-state index contributed by atoms with van der Waals surface area (Å²) in [6.07, 6.45) is 2.52. The van der Waals surface area contributed by atoms with Crippen LogP contribution in [-0.4, -0.2) is 38.4 Å². The molecule has 1 aliphatic heterocycles. The fraction of sp³-hybridized carbons (Fsp3) is 0.353. The lowest BCUT2D eigenvalue weighted by atomic mass is 10.1. The van der Waals surface area contributed by atoms with E-state index in [1.54, 1.807) is 17.0 Å². The number of benzene rings is 1. The third-order valence-electron chi connectivity index (χ3n) is 4.13. The number of nitrogens with one attached hydrogen (secondary N) is 1. The van der Waals surface area contributed by atoms with Crippen LogP contribution in [0.3, 0.4) is 0 Å². The zero-order valence-electron chi connectivity index (χ0n) is 13.5. The van der Waals surface area contributed by atoms with Gasteiger partial charge in [0.15, 0.2) is 5.76 Å². The Hall–Kier alpha value is -2.19. The topological polar surface area (TPSA) is 79.6 Å². The molecule has 0 bridgehead atoms. The summed E-state index contributed by atoms with van der Waals surface area (Å²) >= 11 is 0. The molecule has 0 saturated carbocycles. The average molecular weight is 366 g/mol. The van der Waals surface area contributed by atoms with Crippen molar-refractivity contribution in [2.75, 3.05) is 13.1 Å². The van der Waals surface area contributed by atoms with E-state index in [0.29, 0.717) is 31.5 Å². The van der Waals surface area contributed by atoms with Crippen LogP contribution in [-0.2, 0) is 15.8 Å². The molecule has 0 spiro atoms. The van der Waals surface area contributed by atoms with Crippen LogP contribution in [0.4, 0.5) is 4.39 Å². The Balaban J connectivity index is 1.52. The van der Waals surface area contributed by atoms with Gasteiger partial charge in [-0.2, -0.15) is 0 Å². The lowest BCUT2D eigenvalue weighted by Crippen LogP contribution is -2.46. The van der Waals surface area contributed by atoms with Crippen molar-refractivity contribution in [1.29, 1.82) is 0 Å². The van der Waals surface area contributed by atoms with Crippen LogP contribution >= 0.6 is 0 Å². The van der Waals surface area contributed by atoms with Gasteiger partial charge in [0, 0.05) is 19.1 Å². The number of sulfonamides is 1. The summed E-state index contributed by atoms with van der Waals surface area (Å²) in [5, 5.41) is 0. The molecule has 0 unspecified atom stereocenters. The zero-order chi connectivity index (χ0) is 17.9. The van der Waals surface area contributed by atoms with Crippen LogP contribution < -0.4 is 4.72 Å². The largest absolute Gasteiger partial charge is 0.459 e. The first kappa shape index (κ1) is 17.6. The highest BCUT2D eigenvalue weighted by Gasteiger charge is 2.27. The number of amides is 1. The number of carbonyl (C=O) groups excluding carboxylic acids is 1. The highest BCUT2D eigenvalue weighted by atomic mass is 32.2. The summed E-state index contributed by atoms with van der Waals surface area (Å²) in [5.74, 6) is -0.491. The van der Waals surface area contributed by atoms with E-state index in [1.807, 2.05) is 0 Å². The van der Waals surface area contributed by atoms with Crippen molar-refractivity contribution in [3.63, 3.8) is 0 Å². The van der Waals surface area contributed by atoms with Crippen LogP contribution in [0.15, 0.2) is 47.1 Å². The monoisotopic (exact) mass is 366 g/mol. The number of carbonyl (C=O) groups is 1. The van der Waals surface area contributed by atoms with E-state index in [-0.39, 0.29) is 23.5 Å². The van der Waals surface area contributed by atoms with E-state index >= 15 is 0 Å². The minimum Gasteiger partial charge on any atom is -0.459 e. The molecule has 1 N–H and O–H groups in total. The maximum atomic E-state index is 12.9. The molecule has 1 fully saturated rings. The van der Waals surface area contributed by atoms with Gasteiger partial charge in [-0.05, 0) is 42.7 Å². The van der Waals surface area contributed by atoms with Gasteiger partial charge in [0.1, 0.15) is 5.82 Å². The lowest BCUT2D eigenvalue weighted by molar-refractivity contribution is 0.0679. The third-order valence-corrected chi connectivity index (χ3v) is 5.54. The summed E-state index contributed by atoms with van der Waals surface area (Å²) in [5.41, 5.74) is 0.527. The van der Waals surface area contributed by atoms with Crippen LogP contribution in [0.1, 0.15) is 29.0 Å². The molecule has 2 heterocycles. The van der Waals surface area contributed by atoms with Gasteiger partial charge < -0.3 is 9.32 Å². The van der Waals surface area contributed by atoms with Crippen molar-refractivity contribution in [3.8, 4) is 0 Å². The summed E-state index contributed by atoms with van der Waals surface area (Å²) in [4.78, 5) is 13.8. The number of piperidine rings is 1. The molecule has 134 valence electrons. The number of nitrogens with zero attached hydrogens (tertiary/aromatic N) is 1. The van der Waals surface area contributed by atoms with Gasteiger partial charge >= 0.3 is 0 Å². The molecule has 1 saturated heterocycles. The quantitative estimate of drug-likeness (QED) is 0.879. The van der Waals surface area contributed by atoms with Crippen molar-refractivity contribution in [1.82, 2.24) is 9.62 Å². The first-order chi connectivity index (χ1) is 11.9. The highest BCUT2D eigenvalue weighted by molar-refractivity contribution is 7.88. The molecule has 8 heteroatoms. The van der Waals surface area contributed by atoms with Crippen molar-refractivity contribution in [3.05, 3.63) is 59.8 Å². The number of hydrogen-bond acceptors (Lipinski definition) is 4. The predicted octanol–water partition coefficient (Wildman–Crippen LogP) is 2.14. The Morgan fingerprint density at radius 3 is 2.48 bits per heavy atom. The molecule has 0 radical (unpaired) electrons. The maximum absolute atomic E-state index is 12.9. The second-order valence-corrected chi connectivity index (χ2v) is 7.80. The van der Waals surface area contributed by atoms with Crippen LogP contribution in [0.25, 0.3) is 0 Å². The molecule has 0 atom stereocenters. The minimum absolute atomic E-state index is 0.183. The first-order valence-electron chi connectivity index (χ1n) is 8.00. The van der Waals surface area contributed by atoms with Gasteiger partial charge in [0.05, 0.1) is 12.0 Å². The molecule has 3 rings (SSSR count). The van der Waals surface area contributed by atoms with E-state index in [9.17, 15) is 17.6 Å². The Morgan fingerprint density at radius 1 is 1.20 bits per heavy atom. The van der Waals surface area contributed by atoms with E-state index in [4.69, 9.17) is 4.42 Å². The minimum atomic E-state index is -3.52. The molecule has 25 heavy (non-hydrogen) atoms. The van der Waals surface area contributed by atoms with E-state index in [0.717, 1.165) is 0 Å². The Kier molecular flexibility index (Phi) is 5.19. The second kappa shape index (κ2) is 7.37. The number of halogens is 1. The van der Waals surface area contributed by atoms with Gasteiger partial charge in [-0.15, -0.1) is 0 Å². The van der Waals surface area contributed by atoms with Gasteiger partial charge in [-0.3, -0.25) is 4.79 Å². The van der Waals surface area contributed by atoms with Crippen LogP contribution in [0, 0.1) is 5.82 Å². The SMILES string of the molecule is O=C(c1ccco1)N1CCC(NS(=O)(=O)Cc2ccc(F)cc2)CC1. The van der Waals surface area contributed by atoms with Gasteiger partial charge in [-0.25, -0.2) is 17.5 Å². The summed E-state index contributed by atoms with van der Waals surface area (Å²) in [6, 6.07) is 8.45. The fourth-order valence-electron chi connectivity index (χ4n) is 2.85. The summed E-state index contributed by atoms with van der Waals surface area (Å²) in [6.45, 7) is 0.923. The van der Waals surface area contributed by atoms with Crippen LogP contribution in [0.2, 0.25) is 0 Å². The standard InChI is InChI=1S/C17H19FN2O4S/c18-14-5-3-13(4-6-14)12-25(22,23)19-15-7-9-20(10-8-15)17(21)16-2-1-11-24-16/h1-6,11,15,19H,7-10,12H2. The zero-order valence-corrected chi connectivity index (χ0v) is 14.3. The second-order valence-electron chi connectivity index (χ2n) is 6.05. The highest BCUT2D eigenvalue weighted by Crippen LogP contribution is 2.16. The van der Waals surface area contributed by atoms with Gasteiger partial charge in [-0.1, -0.05) is 12.1 Å². The molecule has 1 amide bonds. The number of rotatable bonds is 5. The number of hydrogen-bond donors (Lipinski definition) is 1. The van der Waals surface area contributed by atoms with Crippen molar-refractivity contribution in [2.24, 2.45) is 0 Å². The number of likely N-dealkylation sites (tertiary alicyclic amines) is 1. The average Bonchev–Trinajstić information content (AvgIpc) is 3.11. The third kappa shape index (κ3) is 4.67. The molecule has 1 aliphatic rings. The van der Waals surface area contributed by atoms with Gasteiger partial charge in [0.25, 0.3) is 5.91 Å². The lowest BCUT2D eigenvalue weighted by Gasteiger charge is -2.31. The molecular weight excluding hydrogens is 347 g/mol. The van der Waals surface area contributed by atoms with Crippen molar-refractivity contribution >= 4 is 15.9 Å². The van der Waals surface area contributed by atoms with Crippen LogP contribution in [0.5, 0.6) is 0 Å². The molecule has 6 nitrogen and oxygen atoms in total. The smallest absolute Gasteiger partial charge is 0.289 e. The molecular formula is C17H19FN2O4S. The first-order valence-corrected chi connectivity index (χ1v) is 9.65. The van der Waals surface area contributed by atoms with E-state index in [1.165, 1.54) is 30.5 Å². The van der Waals surface area contributed by atoms with E-state index in [2.05, 4.69) is 4.72 Å². The normalized spacial score (nSPS) is 16.1. The number of furan rings is 1. The predicted molar refractivity (Wildman–Crippen MR) is 89.8 cm³/mol. The fourth-order valence-corrected chi connectivity index (χ4v) is 4.31. The molecule has 1 aromatic carbocycles. The van der Waals surface area contributed by atoms with Gasteiger partial charge in [0.2, 0.25) is 10.0 Å².